The summed E-state index contributed by atoms with van der Waals surface area (Å²) in [6.45, 7) is 6.09. The summed E-state index contributed by atoms with van der Waals surface area (Å²) in [5.41, 5.74) is 5.30. The summed E-state index contributed by atoms with van der Waals surface area (Å²) in [5, 5.41) is 2.94. The fraction of sp³-hybridized carbons (Fsp3) is 0.211. The first-order valence-corrected chi connectivity index (χ1v) is 9.67. The summed E-state index contributed by atoms with van der Waals surface area (Å²) >= 11 is 2.73. The van der Waals surface area contributed by atoms with Gasteiger partial charge in [0.15, 0.2) is 10.2 Å². The number of benzene rings is 2. The smallest absolute Gasteiger partial charge is 0.234 e. The largest absolute Gasteiger partial charge is 0.325 e. The van der Waals surface area contributed by atoms with Gasteiger partial charge in [-0.3, -0.25) is 4.79 Å². The molecule has 4 nitrogen and oxygen atoms in total. The van der Waals surface area contributed by atoms with Gasteiger partial charge in [-0.1, -0.05) is 47.7 Å². The van der Waals surface area contributed by atoms with Gasteiger partial charge in [-0.05, 0) is 55.6 Å². The zero-order valence-corrected chi connectivity index (χ0v) is 16.0. The second-order valence-corrected chi connectivity index (χ2v) is 7.94. The number of thioether (sulfide) groups is 1. The number of amides is 1. The first-order chi connectivity index (χ1) is 12.0. The lowest BCUT2D eigenvalue weighted by Gasteiger charge is -2.06. The lowest BCUT2D eigenvalue weighted by Crippen LogP contribution is -2.14. The maximum atomic E-state index is 12.1. The number of anilines is 1. The Labute approximate surface area is 155 Å². The molecule has 25 heavy (non-hydrogen) atoms. The van der Waals surface area contributed by atoms with Crippen LogP contribution in [0, 0.1) is 20.8 Å². The molecule has 0 atom stereocenters. The number of rotatable bonds is 5. The highest BCUT2D eigenvalue weighted by molar-refractivity contribution is 8.01. The Hall–Kier alpha value is -2.18. The van der Waals surface area contributed by atoms with Gasteiger partial charge in [0, 0.05) is 11.3 Å². The highest BCUT2D eigenvalue weighted by atomic mass is 32.2. The topological polar surface area (TPSA) is 54.9 Å². The van der Waals surface area contributed by atoms with E-state index in [0.717, 1.165) is 26.7 Å². The van der Waals surface area contributed by atoms with Crippen molar-refractivity contribution in [1.29, 1.82) is 0 Å². The van der Waals surface area contributed by atoms with Crippen LogP contribution in [0.2, 0.25) is 0 Å². The molecule has 128 valence electrons. The van der Waals surface area contributed by atoms with Crippen LogP contribution in [0.4, 0.5) is 5.69 Å². The summed E-state index contributed by atoms with van der Waals surface area (Å²) in [6, 6.07) is 14.1. The second-order valence-electron chi connectivity index (χ2n) is 5.96. The number of nitrogens with zero attached hydrogens (tertiary/aromatic N) is 2. The van der Waals surface area contributed by atoms with Crippen LogP contribution in [0.1, 0.15) is 16.7 Å². The molecule has 3 aromatic rings. The number of aryl methyl sites for hydroxylation is 3. The fourth-order valence-electron chi connectivity index (χ4n) is 2.46. The number of hydrogen-bond donors (Lipinski definition) is 1. The Morgan fingerprint density at radius 3 is 2.40 bits per heavy atom. The van der Waals surface area contributed by atoms with Crippen LogP contribution >= 0.6 is 23.3 Å². The summed E-state index contributed by atoms with van der Waals surface area (Å²) in [4.78, 5) is 16.7. The van der Waals surface area contributed by atoms with Crippen LogP contribution in [0.5, 0.6) is 0 Å². The molecule has 0 fully saturated rings. The minimum atomic E-state index is -0.0397. The van der Waals surface area contributed by atoms with Crippen LogP contribution in [0.3, 0.4) is 0 Å². The van der Waals surface area contributed by atoms with Crippen molar-refractivity contribution in [2.75, 3.05) is 11.1 Å². The molecule has 0 aliphatic carbocycles. The highest BCUT2D eigenvalue weighted by Gasteiger charge is 2.10. The Kier molecular flexibility index (Phi) is 5.50. The molecule has 0 spiro atoms. The van der Waals surface area contributed by atoms with Crippen molar-refractivity contribution < 1.29 is 4.79 Å². The Bertz CT molecular complexity index is 868. The molecule has 3 rings (SSSR count). The first-order valence-electron chi connectivity index (χ1n) is 7.91. The van der Waals surface area contributed by atoms with Gasteiger partial charge >= 0.3 is 0 Å². The molecule has 0 aliphatic rings. The van der Waals surface area contributed by atoms with Crippen molar-refractivity contribution in [3.63, 3.8) is 0 Å². The average Bonchev–Trinajstić information content (AvgIpc) is 3.01. The van der Waals surface area contributed by atoms with E-state index in [-0.39, 0.29) is 5.91 Å². The quantitative estimate of drug-likeness (QED) is 0.653. The molecule has 0 unspecified atom stereocenters. The van der Waals surface area contributed by atoms with E-state index in [9.17, 15) is 4.79 Å². The third kappa shape index (κ3) is 4.90. The third-order valence-corrected chi connectivity index (χ3v) is 5.38. The number of carbonyl (C=O) groups is 1. The highest BCUT2D eigenvalue weighted by Crippen LogP contribution is 2.25. The molecule has 2 aromatic carbocycles. The fourth-order valence-corrected chi connectivity index (χ4v) is 3.87. The standard InChI is InChI=1S/C19H19N3OS2/c1-12-4-6-15(7-5-12)18-21-19(25-22-18)24-11-17(23)20-16-9-13(2)8-14(3)10-16/h4-10H,11H2,1-3H3,(H,20,23). The maximum Gasteiger partial charge on any atom is 0.234 e. The van der Waals surface area contributed by atoms with E-state index in [4.69, 9.17) is 0 Å². The first kappa shape index (κ1) is 17.6. The van der Waals surface area contributed by atoms with Gasteiger partial charge in [0.2, 0.25) is 5.91 Å². The zero-order valence-electron chi connectivity index (χ0n) is 14.4. The van der Waals surface area contributed by atoms with Gasteiger partial charge in [0.25, 0.3) is 0 Å². The van der Waals surface area contributed by atoms with Crippen molar-refractivity contribution in [2.24, 2.45) is 0 Å². The minimum Gasteiger partial charge on any atom is -0.325 e. The van der Waals surface area contributed by atoms with Gasteiger partial charge < -0.3 is 5.32 Å². The van der Waals surface area contributed by atoms with E-state index in [2.05, 4.69) is 20.7 Å². The van der Waals surface area contributed by atoms with Gasteiger partial charge in [0.1, 0.15) is 0 Å². The van der Waals surface area contributed by atoms with Crippen LogP contribution in [0.25, 0.3) is 11.4 Å². The number of hydrogen-bond acceptors (Lipinski definition) is 5. The van der Waals surface area contributed by atoms with Gasteiger partial charge in [-0.25, -0.2) is 4.98 Å². The molecule has 6 heteroatoms. The predicted molar refractivity (Wildman–Crippen MR) is 105 cm³/mol. The third-order valence-electron chi connectivity index (χ3n) is 3.55. The van der Waals surface area contributed by atoms with E-state index in [1.165, 1.54) is 28.9 Å². The molecule has 1 heterocycles. The lowest BCUT2D eigenvalue weighted by atomic mass is 10.1. The molecule has 1 aromatic heterocycles. The van der Waals surface area contributed by atoms with Crippen molar-refractivity contribution >= 4 is 34.9 Å². The zero-order chi connectivity index (χ0) is 17.8. The van der Waals surface area contributed by atoms with E-state index < -0.39 is 0 Å². The van der Waals surface area contributed by atoms with E-state index in [1.807, 2.05) is 57.2 Å². The molecule has 1 amide bonds. The Morgan fingerprint density at radius 2 is 1.72 bits per heavy atom. The Morgan fingerprint density at radius 1 is 1.04 bits per heavy atom. The average molecular weight is 370 g/mol. The van der Waals surface area contributed by atoms with Crippen LogP contribution < -0.4 is 5.32 Å². The van der Waals surface area contributed by atoms with Gasteiger partial charge in [-0.15, -0.1) is 0 Å². The molecular formula is C19H19N3OS2. The molecule has 1 N–H and O–H groups in total. The van der Waals surface area contributed by atoms with E-state index >= 15 is 0 Å². The van der Waals surface area contributed by atoms with Gasteiger partial charge in [0.05, 0.1) is 5.75 Å². The lowest BCUT2D eigenvalue weighted by molar-refractivity contribution is -0.113. The number of carbonyl (C=O) groups excluding carboxylic acids is 1. The van der Waals surface area contributed by atoms with Crippen molar-refractivity contribution in [2.45, 2.75) is 25.1 Å². The maximum absolute atomic E-state index is 12.1. The molecular weight excluding hydrogens is 350 g/mol. The van der Waals surface area contributed by atoms with Crippen molar-refractivity contribution in [3.05, 3.63) is 59.2 Å². The molecule has 0 aliphatic heterocycles. The number of nitrogens with one attached hydrogen (secondary N) is 1. The summed E-state index contributed by atoms with van der Waals surface area (Å²) in [5.74, 6) is 0.986. The molecule has 0 bridgehead atoms. The number of aromatic nitrogens is 2. The van der Waals surface area contributed by atoms with Crippen LogP contribution in [0.15, 0.2) is 46.8 Å². The molecule has 0 radical (unpaired) electrons. The predicted octanol–water partition coefficient (Wildman–Crippen LogP) is 4.86. The summed E-state index contributed by atoms with van der Waals surface area (Å²) < 4.78 is 5.18. The molecule has 0 saturated heterocycles. The van der Waals surface area contributed by atoms with Crippen molar-refractivity contribution in [3.8, 4) is 11.4 Å². The minimum absolute atomic E-state index is 0.0397. The Balaban J connectivity index is 1.58. The summed E-state index contributed by atoms with van der Waals surface area (Å²) in [7, 11) is 0. The SMILES string of the molecule is Cc1ccc(-c2nsc(SCC(=O)Nc3cc(C)cc(C)c3)n2)cc1. The van der Waals surface area contributed by atoms with Gasteiger partial charge in [-0.2, -0.15) is 4.37 Å². The molecule has 0 saturated carbocycles. The second kappa shape index (κ2) is 7.80. The normalized spacial score (nSPS) is 10.7. The monoisotopic (exact) mass is 369 g/mol. The van der Waals surface area contributed by atoms with Crippen molar-refractivity contribution in [1.82, 2.24) is 9.36 Å². The van der Waals surface area contributed by atoms with E-state index in [1.54, 1.807) is 0 Å². The van der Waals surface area contributed by atoms with Crippen LogP contribution in [-0.4, -0.2) is 21.0 Å². The summed E-state index contributed by atoms with van der Waals surface area (Å²) in [6.07, 6.45) is 0. The van der Waals surface area contributed by atoms with Crippen LogP contribution in [-0.2, 0) is 4.79 Å². The van der Waals surface area contributed by atoms with E-state index in [0.29, 0.717) is 11.6 Å².